The molecule has 0 radical (unpaired) electrons. The lowest BCUT2D eigenvalue weighted by atomic mass is 9.69. The second kappa shape index (κ2) is 6.50. The lowest BCUT2D eigenvalue weighted by Crippen LogP contribution is -2.25. The van der Waals surface area contributed by atoms with Gasteiger partial charge in [-0.05, 0) is 36.0 Å². The number of hydrogen-bond acceptors (Lipinski definition) is 3. The molecule has 1 aromatic rings. The summed E-state index contributed by atoms with van der Waals surface area (Å²) in [6.07, 6.45) is 8.06. The van der Waals surface area contributed by atoms with Crippen LogP contribution in [0.4, 0.5) is 5.69 Å². The predicted octanol–water partition coefficient (Wildman–Crippen LogP) is 4.31. The number of benzene rings is 1. The van der Waals surface area contributed by atoms with Crippen LogP contribution in [0.1, 0.15) is 32.3 Å². The van der Waals surface area contributed by atoms with Crippen LogP contribution in [-0.4, -0.2) is 0 Å². The fourth-order valence-electron chi connectivity index (χ4n) is 3.01. The van der Waals surface area contributed by atoms with Crippen LogP contribution in [-0.2, 0) is 0 Å². The summed E-state index contributed by atoms with van der Waals surface area (Å²) in [5, 5.41) is 18.3. The van der Waals surface area contributed by atoms with Crippen LogP contribution in [0, 0.1) is 39.9 Å². The number of nitrogens with two attached hydrogens (primary N) is 1. The van der Waals surface area contributed by atoms with Gasteiger partial charge in [-0.15, -0.1) is 0 Å². The smallest absolute Gasteiger partial charge is 0.139 e. The molecule has 1 aliphatic rings. The molecule has 1 aliphatic carbocycles. The molecule has 112 valence electrons. The highest BCUT2D eigenvalue weighted by Gasteiger charge is 2.32. The van der Waals surface area contributed by atoms with Crippen molar-refractivity contribution in [3.05, 3.63) is 47.6 Å². The number of nitrogen functional groups attached to an aromatic ring is 1. The van der Waals surface area contributed by atoms with Crippen LogP contribution in [0.3, 0.4) is 0 Å². The molecule has 1 atom stereocenters. The Balaban J connectivity index is 2.23. The van der Waals surface area contributed by atoms with E-state index in [-0.39, 0.29) is 11.3 Å². The van der Waals surface area contributed by atoms with Gasteiger partial charge < -0.3 is 5.73 Å². The van der Waals surface area contributed by atoms with Crippen LogP contribution in [0.15, 0.2) is 42.0 Å². The zero-order valence-corrected chi connectivity index (χ0v) is 13.1. The van der Waals surface area contributed by atoms with Gasteiger partial charge in [0.25, 0.3) is 0 Å². The monoisotopic (exact) mass is 291 g/mol. The SMILES string of the molecule is CC1(C)CC(/C=C/c2ccc(N)cc2)=CC(C(C#N)C#N)C1. The highest BCUT2D eigenvalue weighted by atomic mass is 14.5. The molecule has 2 rings (SSSR count). The third-order valence-electron chi connectivity index (χ3n) is 4.03. The molecule has 2 N–H and O–H groups in total. The molecule has 0 saturated carbocycles. The van der Waals surface area contributed by atoms with Crippen molar-refractivity contribution in [3.8, 4) is 12.1 Å². The summed E-state index contributed by atoms with van der Waals surface area (Å²) in [5.74, 6) is -0.565. The average molecular weight is 291 g/mol. The van der Waals surface area contributed by atoms with E-state index in [9.17, 15) is 0 Å². The van der Waals surface area contributed by atoms with Crippen LogP contribution >= 0.6 is 0 Å². The molecule has 0 spiro atoms. The first-order chi connectivity index (χ1) is 10.4. The van der Waals surface area contributed by atoms with Crippen molar-refractivity contribution in [1.82, 2.24) is 0 Å². The van der Waals surface area contributed by atoms with E-state index in [1.807, 2.05) is 24.3 Å². The first-order valence-corrected chi connectivity index (χ1v) is 7.47. The quantitative estimate of drug-likeness (QED) is 0.843. The van der Waals surface area contributed by atoms with E-state index < -0.39 is 5.92 Å². The number of allylic oxidation sites excluding steroid dienone is 3. The number of nitriles is 2. The highest BCUT2D eigenvalue weighted by molar-refractivity contribution is 5.56. The maximum atomic E-state index is 9.14. The molecule has 0 aromatic heterocycles. The number of hydrogen-bond donors (Lipinski definition) is 1. The van der Waals surface area contributed by atoms with E-state index in [2.05, 4.69) is 44.2 Å². The number of rotatable bonds is 3. The minimum Gasteiger partial charge on any atom is -0.399 e. The van der Waals surface area contributed by atoms with E-state index in [0.717, 1.165) is 24.1 Å². The first kappa shape index (κ1) is 15.9. The predicted molar refractivity (Wildman–Crippen MR) is 89.2 cm³/mol. The Labute approximate surface area is 132 Å². The molecule has 22 heavy (non-hydrogen) atoms. The van der Waals surface area contributed by atoms with Gasteiger partial charge in [-0.3, -0.25) is 0 Å². The highest BCUT2D eigenvalue weighted by Crippen LogP contribution is 2.41. The summed E-state index contributed by atoms with van der Waals surface area (Å²) in [6.45, 7) is 4.38. The average Bonchev–Trinajstić information content (AvgIpc) is 2.46. The summed E-state index contributed by atoms with van der Waals surface area (Å²) < 4.78 is 0. The first-order valence-electron chi connectivity index (χ1n) is 7.47. The van der Waals surface area contributed by atoms with Gasteiger partial charge in [0.1, 0.15) is 5.92 Å². The Bertz CT molecular complexity index is 652. The summed E-state index contributed by atoms with van der Waals surface area (Å²) in [7, 11) is 0. The molecular weight excluding hydrogens is 270 g/mol. The van der Waals surface area contributed by atoms with E-state index in [1.165, 1.54) is 5.57 Å². The Kier molecular flexibility index (Phi) is 4.68. The zero-order chi connectivity index (χ0) is 16.2. The minimum absolute atomic E-state index is 0.00446. The summed E-state index contributed by atoms with van der Waals surface area (Å²) in [5.41, 5.74) is 8.82. The van der Waals surface area contributed by atoms with Crippen LogP contribution in [0.2, 0.25) is 0 Å². The van der Waals surface area contributed by atoms with Crippen molar-refractivity contribution >= 4 is 11.8 Å². The van der Waals surface area contributed by atoms with E-state index in [0.29, 0.717) is 0 Å². The second-order valence-corrected chi connectivity index (χ2v) is 6.69. The maximum Gasteiger partial charge on any atom is 0.139 e. The summed E-state index contributed by atoms with van der Waals surface area (Å²) in [6, 6.07) is 11.9. The van der Waals surface area contributed by atoms with Gasteiger partial charge >= 0.3 is 0 Å². The van der Waals surface area contributed by atoms with Crippen molar-refractivity contribution in [2.75, 3.05) is 5.73 Å². The van der Waals surface area contributed by atoms with Crippen molar-refractivity contribution in [3.63, 3.8) is 0 Å². The third-order valence-corrected chi connectivity index (χ3v) is 4.03. The molecule has 0 bridgehead atoms. The molecule has 0 amide bonds. The molecule has 0 fully saturated rings. The lowest BCUT2D eigenvalue weighted by molar-refractivity contribution is 0.260. The zero-order valence-electron chi connectivity index (χ0n) is 13.1. The fraction of sp³-hybridized carbons (Fsp3) is 0.368. The van der Waals surface area contributed by atoms with Gasteiger partial charge in [0.15, 0.2) is 0 Å². The van der Waals surface area contributed by atoms with Crippen LogP contribution < -0.4 is 5.73 Å². The Morgan fingerprint density at radius 3 is 2.41 bits per heavy atom. The molecule has 1 unspecified atom stereocenters. The fourth-order valence-corrected chi connectivity index (χ4v) is 3.01. The normalized spacial score (nSPS) is 20.4. The molecule has 3 nitrogen and oxygen atoms in total. The van der Waals surface area contributed by atoms with Gasteiger partial charge in [0.2, 0.25) is 0 Å². The van der Waals surface area contributed by atoms with E-state index in [1.54, 1.807) is 0 Å². The Morgan fingerprint density at radius 1 is 1.18 bits per heavy atom. The summed E-state index contributed by atoms with van der Waals surface area (Å²) >= 11 is 0. The largest absolute Gasteiger partial charge is 0.399 e. The number of nitrogens with zero attached hydrogens (tertiary/aromatic N) is 2. The van der Waals surface area contributed by atoms with E-state index in [4.69, 9.17) is 16.3 Å². The van der Waals surface area contributed by atoms with Crippen molar-refractivity contribution in [1.29, 1.82) is 10.5 Å². The third kappa shape index (κ3) is 3.99. The number of anilines is 1. The van der Waals surface area contributed by atoms with Gasteiger partial charge in [0, 0.05) is 11.6 Å². The van der Waals surface area contributed by atoms with Gasteiger partial charge in [-0.1, -0.05) is 49.8 Å². The van der Waals surface area contributed by atoms with Crippen molar-refractivity contribution in [2.24, 2.45) is 17.3 Å². The lowest BCUT2D eigenvalue weighted by Gasteiger charge is -2.34. The standard InChI is InChI=1S/C19H21N3/c1-19(2)10-15(9-16(11-19)17(12-20)13-21)4-3-14-5-7-18(22)8-6-14/h3-9,16-17H,10-11,22H2,1-2H3/b4-3+. The molecule has 1 aromatic carbocycles. The van der Waals surface area contributed by atoms with Gasteiger partial charge in [-0.25, -0.2) is 0 Å². The topological polar surface area (TPSA) is 73.6 Å². The molecular formula is C19H21N3. The van der Waals surface area contributed by atoms with E-state index >= 15 is 0 Å². The van der Waals surface area contributed by atoms with Crippen LogP contribution in [0.5, 0.6) is 0 Å². The van der Waals surface area contributed by atoms with Gasteiger partial charge in [0.05, 0.1) is 12.1 Å². The molecule has 0 saturated heterocycles. The Morgan fingerprint density at radius 2 is 1.82 bits per heavy atom. The van der Waals surface area contributed by atoms with Crippen molar-refractivity contribution < 1.29 is 0 Å². The molecule has 0 aliphatic heterocycles. The van der Waals surface area contributed by atoms with Gasteiger partial charge in [-0.2, -0.15) is 10.5 Å². The maximum absolute atomic E-state index is 9.14. The molecule has 0 heterocycles. The van der Waals surface area contributed by atoms with Crippen molar-refractivity contribution in [2.45, 2.75) is 26.7 Å². The molecule has 3 heteroatoms. The summed E-state index contributed by atoms with van der Waals surface area (Å²) in [4.78, 5) is 0. The Hall–Kier alpha value is -2.52. The van der Waals surface area contributed by atoms with Crippen LogP contribution in [0.25, 0.3) is 6.08 Å². The second-order valence-electron chi connectivity index (χ2n) is 6.69. The minimum atomic E-state index is -0.570.